The summed E-state index contributed by atoms with van der Waals surface area (Å²) in [5, 5.41) is 12.9. The van der Waals surface area contributed by atoms with E-state index < -0.39 is 0 Å². The summed E-state index contributed by atoms with van der Waals surface area (Å²) >= 11 is 6.28. The number of fused-ring (bicyclic) bond motifs is 2. The number of methoxy groups -OCH3 is 2. The van der Waals surface area contributed by atoms with Crippen LogP contribution in [0, 0.1) is 0 Å². The molecule has 1 aliphatic heterocycles. The van der Waals surface area contributed by atoms with E-state index in [1.165, 1.54) is 0 Å². The van der Waals surface area contributed by atoms with Crippen LogP contribution in [0.2, 0.25) is 5.02 Å². The molecule has 0 spiro atoms. The molecule has 3 heterocycles. The Balaban J connectivity index is 1.17. The maximum atomic E-state index is 6.28. The predicted octanol–water partition coefficient (Wildman–Crippen LogP) is 5.74. The highest BCUT2D eigenvalue weighted by atomic mass is 35.5. The molecule has 0 aliphatic carbocycles. The van der Waals surface area contributed by atoms with Crippen molar-refractivity contribution < 1.29 is 14.2 Å². The van der Waals surface area contributed by atoms with Crippen LogP contribution in [-0.4, -0.2) is 73.5 Å². The molecule has 1 saturated heterocycles. The van der Waals surface area contributed by atoms with Crippen molar-refractivity contribution in [3.63, 3.8) is 0 Å². The summed E-state index contributed by atoms with van der Waals surface area (Å²) in [4.78, 5) is 21.0. The van der Waals surface area contributed by atoms with E-state index in [-0.39, 0.29) is 0 Å². The highest BCUT2D eigenvalue weighted by Gasteiger charge is 2.17. The Morgan fingerprint density at radius 2 is 1.51 bits per heavy atom. The average Bonchev–Trinajstić information content (AvgIpc) is 3.04. The number of ether oxygens (including phenoxy) is 3. The first-order valence-corrected chi connectivity index (χ1v) is 14.5. The molecule has 3 N–H and O–H groups in total. The third kappa shape index (κ3) is 6.73. The molecular formula is C31H33ClN8O3. The monoisotopic (exact) mass is 600 g/mol. The first kappa shape index (κ1) is 28.5. The lowest BCUT2D eigenvalue weighted by Crippen LogP contribution is -2.37. The summed E-state index contributed by atoms with van der Waals surface area (Å²) in [5.41, 5.74) is 3.55. The van der Waals surface area contributed by atoms with E-state index in [1.54, 1.807) is 14.2 Å². The molecule has 6 rings (SSSR count). The van der Waals surface area contributed by atoms with Crippen LogP contribution in [0.5, 0.6) is 11.5 Å². The number of halogens is 1. The second kappa shape index (κ2) is 13.1. The first-order valence-electron chi connectivity index (χ1n) is 14.1. The van der Waals surface area contributed by atoms with Crippen LogP contribution in [0.25, 0.3) is 21.8 Å². The molecule has 11 nitrogen and oxygen atoms in total. The van der Waals surface area contributed by atoms with Crippen molar-refractivity contribution in [2.24, 2.45) is 0 Å². The van der Waals surface area contributed by atoms with E-state index in [9.17, 15) is 0 Å². The van der Waals surface area contributed by atoms with Crippen LogP contribution < -0.4 is 30.3 Å². The van der Waals surface area contributed by atoms with E-state index in [0.29, 0.717) is 49.2 Å². The molecule has 3 aromatic carbocycles. The summed E-state index contributed by atoms with van der Waals surface area (Å²) in [6, 6.07) is 19.3. The van der Waals surface area contributed by atoms with Gasteiger partial charge in [0.2, 0.25) is 17.8 Å². The number of anilines is 5. The molecule has 0 unspecified atom stereocenters. The van der Waals surface area contributed by atoms with Crippen molar-refractivity contribution in [1.29, 1.82) is 0 Å². The van der Waals surface area contributed by atoms with Gasteiger partial charge in [0.25, 0.3) is 0 Å². The molecule has 0 saturated carbocycles. The summed E-state index contributed by atoms with van der Waals surface area (Å²) in [5.74, 6) is 3.13. The minimum atomic E-state index is 0.463. The first-order chi connectivity index (χ1) is 21.1. The smallest absolute Gasteiger partial charge is 0.233 e. The third-order valence-corrected chi connectivity index (χ3v) is 7.38. The predicted molar refractivity (Wildman–Crippen MR) is 172 cm³/mol. The van der Waals surface area contributed by atoms with Crippen LogP contribution in [0.4, 0.5) is 29.2 Å². The van der Waals surface area contributed by atoms with Gasteiger partial charge in [0, 0.05) is 47.7 Å². The Hall–Kier alpha value is -4.61. The number of hydrogen-bond donors (Lipinski definition) is 3. The number of morpholine rings is 1. The van der Waals surface area contributed by atoms with Crippen LogP contribution in [0.15, 0.2) is 60.7 Å². The van der Waals surface area contributed by atoms with E-state index in [2.05, 4.69) is 30.8 Å². The maximum absolute atomic E-state index is 6.28. The topological polar surface area (TPSA) is 119 Å². The number of hydrogen-bond acceptors (Lipinski definition) is 11. The van der Waals surface area contributed by atoms with Gasteiger partial charge in [-0.25, -0.2) is 4.98 Å². The van der Waals surface area contributed by atoms with Crippen molar-refractivity contribution in [1.82, 2.24) is 19.9 Å². The number of nitrogens with one attached hydrogen (secondary N) is 3. The molecule has 43 heavy (non-hydrogen) atoms. The second-order valence-electron chi connectivity index (χ2n) is 9.97. The molecule has 0 radical (unpaired) electrons. The van der Waals surface area contributed by atoms with E-state index in [0.717, 1.165) is 64.2 Å². The van der Waals surface area contributed by atoms with Gasteiger partial charge in [0.1, 0.15) is 11.5 Å². The zero-order chi connectivity index (χ0) is 29.6. The van der Waals surface area contributed by atoms with Crippen molar-refractivity contribution in [2.75, 3.05) is 74.5 Å². The Kier molecular flexibility index (Phi) is 8.71. The third-order valence-electron chi connectivity index (χ3n) is 7.15. The maximum Gasteiger partial charge on any atom is 0.233 e. The van der Waals surface area contributed by atoms with Gasteiger partial charge in [-0.05, 0) is 67.1 Å². The molecule has 1 fully saturated rings. The standard InChI is InChI=1S/C31H33ClN8O3/c1-41-22-7-5-21(6-8-22)35-30-37-29(38-31(39-30)40-14-16-43-17-15-40)34-13-3-12-33-28-24-10-4-20(32)18-27(24)36-26-11-9-23(42-2)19-25(26)28/h4-11,18-19H,3,12-17H2,1-2H3,(H,33,36)(H2,34,35,37,38,39). The van der Waals surface area contributed by atoms with Gasteiger partial charge in [0.05, 0.1) is 44.2 Å². The Morgan fingerprint density at radius 3 is 2.30 bits per heavy atom. The average molecular weight is 601 g/mol. The van der Waals surface area contributed by atoms with Crippen LogP contribution in [0.1, 0.15) is 6.42 Å². The minimum Gasteiger partial charge on any atom is -0.497 e. The number of nitrogens with zero attached hydrogens (tertiary/aromatic N) is 5. The lowest BCUT2D eigenvalue weighted by Gasteiger charge is -2.27. The molecule has 0 bridgehead atoms. The molecule has 2 aromatic heterocycles. The van der Waals surface area contributed by atoms with Crippen molar-refractivity contribution in [3.8, 4) is 11.5 Å². The summed E-state index contributed by atoms with van der Waals surface area (Å²) < 4.78 is 16.3. The van der Waals surface area contributed by atoms with E-state index >= 15 is 0 Å². The van der Waals surface area contributed by atoms with Gasteiger partial charge in [-0.3, -0.25) is 0 Å². The minimum absolute atomic E-state index is 0.463. The Morgan fingerprint density at radius 1 is 0.767 bits per heavy atom. The number of aromatic nitrogens is 4. The van der Waals surface area contributed by atoms with Gasteiger partial charge in [-0.1, -0.05) is 11.6 Å². The summed E-state index contributed by atoms with van der Waals surface area (Å²) in [6.45, 7) is 4.07. The molecule has 0 atom stereocenters. The quantitative estimate of drug-likeness (QED) is 0.127. The van der Waals surface area contributed by atoms with E-state index in [4.69, 9.17) is 35.8 Å². The van der Waals surface area contributed by atoms with Crippen molar-refractivity contribution in [3.05, 3.63) is 65.7 Å². The number of rotatable bonds is 11. The van der Waals surface area contributed by atoms with Gasteiger partial charge in [-0.15, -0.1) is 0 Å². The Bertz CT molecular complexity index is 1710. The van der Waals surface area contributed by atoms with Crippen LogP contribution in [0.3, 0.4) is 0 Å². The second-order valence-corrected chi connectivity index (χ2v) is 10.4. The molecule has 222 valence electrons. The fraction of sp³-hybridized carbons (Fsp3) is 0.290. The fourth-order valence-corrected chi connectivity index (χ4v) is 5.09. The lowest BCUT2D eigenvalue weighted by atomic mass is 10.1. The summed E-state index contributed by atoms with van der Waals surface area (Å²) in [7, 11) is 3.31. The van der Waals surface area contributed by atoms with E-state index in [1.807, 2.05) is 60.7 Å². The SMILES string of the molecule is COc1ccc(Nc2nc(NCCCNc3c4ccc(Cl)cc4nc4ccc(OC)cc34)nc(N3CCOCC3)n2)cc1. The van der Waals surface area contributed by atoms with Crippen molar-refractivity contribution >= 4 is 62.6 Å². The highest BCUT2D eigenvalue weighted by Crippen LogP contribution is 2.34. The zero-order valence-electron chi connectivity index (χ0n) is 24.1. The van der Waals surface area contributed by atoms with Gasteiger partial charge in [-0.2, -0.15) is 15.0 Å². The molecule has 0 amide bonds. The molecule has 1 aliphatic rings. The fourth-order valence-electron chi connectivity index (χ4n) is 4.92. The normalized spacial score (nSPS) is 13.2. The van der Waals surface area contributed by atoms with Crippen molar-refractivity contribution in [2.45, 2.75) is 6.42 Å². The van der Waals surface area contributed by atoms with Crippen LogP contribution in [-0.2, 0) is 4.74 Å². The van der Waals surface area contributed by atoms with Gasteiger partial charge >= 0.3 is 0 Å². The zero-order valence-corrected chi connectivity index (χ0v) is 24.8. The van der Waals surface area contributed by atoms with Crippen LogP contribution >= 0.6 is 11.6 Å². The van der Waals surface area contributed by atoms with Gasteiger partial charge < -0.3 is 35.1 Å². The molecular weight excluding hydrogens is 568 g/mol. The Labute approximate surface area is 254 Å². The largest absolute Gasteiger partial charge is 0.497 e. The summed E-state index contributed by atoms with van der Waals surface area (Å²) in [6.07, 6.45) is 0.808. The number of pyridine rings is 1. The molecule has 5 aromatic rings. The highest BCUT2D eigenvalue weighted by molar-refractivity contribution is 6.31. The lowest BCUT2D eigenvalue weighted by molar-refractivity contribution is 0.122. The number of benzene rings is 3. The van der Waals surface area contributed by atoms with Gasteiger partial charge in [0.15, 0.2) is 0 Å². The molecule has 12 heteroatoms.